The molecule has 1 aromatic heterocycles. The van der Waals surface area contributed by atoms with Crippen LogP contribution in [-0.4, -0.2) is 54.7 Å². The van der Waals surface area contributed by atoms with Gasteiger partial charge in [0.1, 0.15) is 0 Å². The second kappa shape index (κ2) is 10.3. The molecule has 158 valence electrons. The second-order valence-corrected chi connectivity index (χ2v) is 8.57. The second-order valence-electron chi connectivity index (χ2n) is 7.45. The van der Waals surface area contributed by atoms with E-state index in [1.54, 1.807) is 11.8 Å². The Labute approximate surface area is 187 Å². The van der Waals surface area contributed by atoms with Crippen LogP contribution in [0.25, 0.3) is 0 Å². The maximum absolute atomic E-state index is 9.02. The minimum atomic E-state index is 0.546. The molecule has 0 atom stereocenters. The first-order chi connectivity index (χ1) is 15.2. The molecular weight excluding hydrogens is 406 g/mol. The Kier molecular flexibility index (Phi) is 7.03. The zero-order valence-electron chi connectivity index (χ0n) is 17.6. The van der Waals surface area contributed by atoms with E-state index in [1.807, 2.05) is 48.7 Å². The average molecular weight is 432 g/mol. The summed E-state index contributed by atoms with van der Waals surface area (Å²) < 4.78 is 6.15. The number of rotatable bonds is 7. The zero-order chi connectivity index (χ0) is 21.5. The summed E-state index contributed by atoms with van der Waals surface area (Å²) in [7, 11) is 2.13. The Hall–Kier alpha value is -3.08. The van der Waals surface area contributed by atoms with Crippen LogP contribution >= 0.6 is 11.8 Å². The van der Waals surface area contributed by atoms with Gasteiger partial charge in [-0.3, -0.25) is 0 Å². The van der Waals surface area contributed by atoms with Gasteiger partial charge >= 0.3 is 0 Å². The predicted molar refractivity (Wildman–Crippen MR) is 123 cm³/mol. The van der Waals surface area contributed by atoms with E-state index in [4.69, 9.17) is 15.0 Å². The highest BCUT2D eigenvalue weighted by atomic mass is 32.2. The Morgan fingerprint density at radius 1 is 1.03 bits per heavy atom. The number of benzene rings is 2. The summed E-state index contributed by atoms with van der Waals surface area (Å²) in [6.07, 6.45) is 2.66. The smallest absolute Gasteiger partial charge is 0.232 e. The van der Waals surface area contributed by atoms with Gasteiger partial charge in [-0.2, -0.15) is 10.2 Å². The summed E-state index contributed by atoms with van der Waals surface area (Å²) in [5.41, 5.74) is 1.88. The highest BCUT2D eigenvalue weighted by Crippen LogP contribution is 2.34. The molecule has 0 saturated carbocycles. The van der Waals surface area contributed by atoms with Gasteiger partial charge in [0, 0.05) is 37.5 Å². The summed E-state index contributed by atoms with van der Waals surface area (Å²) in [6, 6.07) is 20.0. The summed E-state index contributed by atoms with van der Waals surface area (Å²) in [6.45, 7) is 4.35. The molecule has 31 heavy (non-hydrogen) atoms. The molecule has 1 fully saturated rings. The molecule has 0 N–H and O–H groups in total. The van der Waals surface area contributed by atoms with Gasteiger partial charge in [0.25, 0.3) is 0 Å². The average Bonchev–Trinajstić information content (AvgIpc) is 2.82. The van der Waals surface area contributed by atoms with Crippen molar-refractivity contribution in [2.75, 3.05) is 44.7 Å². The largest absolute Gasteiger partial charge is 0.476 e. The van der Waals surface area contributed by atoms with Crippen molar-refractivity contribution < 1.29 is 4.74 Å². The molecule has 0 amide bonds. The highest BCUT2D eigenvalue weighted by Gasteiger charge is 2.19. The molecule has 0 bridgehead atoms. The minimum absolute atomic E-state index is 0.546. The molecule has 7 heteroatoms. The number of nitrogens with zero attached hydrogens (tertiary/aromatic N) is 5. The third kappa shape index (κ3) is 5.75. The molecule has 2 aromatic carbocycles. The Morgan fingerprint density at radius 2 is 1.77 bits per heavy atom. The molecule has 4 rings (SSSR count). The van der Waals surface area contributed by atoms with Crippen LogP contribution < -0.4 is 9.64 Å². The van der Waals surface area contributed by atoms with E-state index in [0.717, 1.165) is 42.4 Å². The normalized spacial score (nSPS) is 14.3. The van der Waals surface area contributed by atoms with E-state index in [-0.39, 0.29) is 0 Å². The van der Waals surface area contributed by atoms with Gasteiger partial charge in [-0.05, 0) is 36.9 Å². The lowest BCUT2D eigenvalue weighted by molar-refractivity contribution is 0.296. The third-order valence-electron chi connectivity index (χ3n) is 5.18. The van der Waals surface area contributed by atoms with Crippen molar-refractivity contribution in [3.8, 4) is 11.9 Å². The number of piperazine rings is 1. The van der Waals surface area contributed by atoms with Crippen LogP contribution in [0, 0.1) is 11.3 Å². The third-order valence-corrected chi connectivity index (χ3v) is 6.19. The molecule has 0 radical (unpaired) electrons. The summed E-state index contributed by atoms with van der Waals surface area (Å²) in [5.74, 6) is 1.32. The SMILES string of the molecule is CN1CCN(c2ncc(Sc3ccc(C#N)cc3)c(OCCc3ccccc3)n2)CC1. The maximum Gasteiger partial charge on any atom is 0.232 e. The maximum atomic E-state index is 9.02. The monoisotopic (exact) mass is 431 g/mol. The van der Waals surface area contributed by atoms with Crippen molar-refractivity contribution in [2.24, 2.45) is 0 Å². The van der Waals surface area contributed by atoms with Crippen molar-refractivity contribution in [3.05, 3.63) is 71.9 Å². The van der Waals surface area contributed by atoms with Crippen molar-refractivity contribution in [1.82, 2.24) is 14.9 Å². The summed E-state index contributed by atoms with van der Waals surface area (Å²) in [4.78, 5) is 15.8. The Bertz CT molecular complexity index is 1030. The van der Waals surface area contributed by atoms with Gasteiger partial charge in [0.05, 0.1) is 29.3 Å². The summed E-state index contributed by atoms with van der Waals surface area (Å²) >= 11 is 1.55. The van der Waals surface area contributed by atoms with Crippen molar-refractivity contribution in [2.45, 2.75) is 16.2 Å². The van der Waals surface area contributed by atoms with Gasteiger partial charge in [0.15, 0.2) is 0 Å². The van der Waals surface area contributed by atoms with Crippen LogP contribution in [0.1, 0.15) is 11.1 Å². The molecule has 1 aliphatic heterocycles. The van der Waals surface area contributed by atoms with Crippen molar-refractivity contribution >= 4 is 17.7 Å². The van der Waals surface area contributed by atoms with Crippen LogP contribution in [-0.2, 0) is 6.42 Å². The first-order valence-corrected chi connectivity index (χ1v) is 11.2. The van der Waals surface area contributed by atoms with E-state index in [9.17, 15) is 0 Å². The number of hydrogen-bond acceptors (Lipinski definition) is 7. The number of nitriles is 1. The van der Waals surface area contributed by atoms with Crippen molar-refractivity contribution in [3.63, 3.8) is 0 Å². The van der Waals surface area contributed by atoms with Crippen LogP contribution in [0.4, 0.5) is 5.95 Å². The van der Waals surface area contributed by atoms with E-state index in [2.05, 4.69) is 40.0 Å². The van der Waals surface area contributed by atoms with E-state index >= 15 is 0 Å². The fourth-order valence-electron chi connectivity index (χ4n) is 3.31. The number of anilines is 1. The standard InChI is InChI=1S/C24H25N5OS/c1-28-12-14-29(15-13-28)24-26-18-22(31-21-9-7-20(17-25)8-10-21)23(27-24)30-16-11-19-5-3-2-4-6-19/h2-10,18H,11-16H2,1H3. The lowest BCUT2D eigenvalue weighted by atomic mass is 10.2. The molecule has 2 heterocycles. The van der Waals surface area contributed by atoms with Gasteiger partial charge in [-0.15, -0.1) is 0 Å². The zero-order valence-corrected chi connectivity index (χ0v) is 18.4. The molecule has 1 aliphatic rings. The fourth-order valence-corrected chi connectivity index (χ4v) is 4.14. The fraction of sp³-hybridized carbons (Fsp3) is 0.292. The van der Waals surface area contributed by atoms with Crippen molar-refractivity contribution in [1.29, 1.82) is 5.26 Å². The van der Waals surface area contributed by atoms with Gasteiger partial charge < -0.3 is 14.5 Å². The van der Waals surface area contributed by atoms with E-state index < -0.39 is 0 Å². The Morgan fingerprint density at radius 3 is 2.48 bits per heavy atom. The number of hydrogen-bond donors (Lipinski definition) is 0. The van der Waals surface area contributed by atoms with Gasteiger partial charge in [0.2, 0.25) is 11.8 Å². The molecule has 6 nitrogen and oxygen atoms in total. The molecule has 3 aromatic rings. The van der Waals surface area contributed by atoms with Gasteiger partial charge in [-0.25, -0.2) is 4.98 Å². The molecule has 0 aliphatic carbocycles. The minimum Gasteiger partial charge on any atom is -0.476 e. The van der Waals surface area contributed by atoms with Crippen LogP contribution in [0.5, 0.6) is 5.88 Å². The van der Waals surface area contributed by atoms with Gasteiger partial charge in [-0.1, -0.05) is 42.1 Å². The number of ether oxygens (including phenoxy) is 1. The molecular formula is C24H25N5OS. The lowest BCUT2D eigenvalue weighted by Gasteiger charge is -2.32. The first kappa shape index (κ1) is 21.2. The predicted octanol–water partition coefficient (Wildman–Crippen LogP) is 3.87. The summed E-state index contributed by atoms with van der Waals surface area (Å²) in [5, 5.41) is 9.02. The topological polar surface area (TPSA) is 65.3 Å². The highest BCUT2D eigenvalue weighted by molar-refractivity contribution is 7.99. The Balaban J connectivity index is 1.52. The lowest BCUT2D eigenvalue weighted by Crippen LogP contribution is -2.45. The first-order valence-electron chi connectivity index (χ1n) is 10.4. The molecule has 0 unspecified atom stereocenters. The van der Waals surface area contributed by atoms with Crippen LogP contribution in [0.15, 0.2) is 70.6 Å². The number of likely N-dealkylation sites (N-methyl/N-ethyl adjacent to an activating group) is 1. The van der Waals surface area contributed by atoms with Crippen LogP contribution in [0.3, 0.4) is 0 Å². The number of aromatic nitrogens is 2. The van der Waals surface area contributed by atoms with Crippen LogP contribution in [0.2, 0.25) is 0 Å². The molecule has 0 spiro atoms. The van der Waals surface area contributed by atoms with E-state index in [1.165, 1.54) is 5.56 Å². The van der Waals surface area contributed by atoms with E-state index in [0.29, 0.717) is 24.0 Å². The molecule has 1 saturated heterocycles. The quantitative estimate of drug-likeness (QED) is 0.563.